The van der Waals surface area contributed by atoms with Gasteiger partial charge in [0.1, 0.15) is 0 Å². The molecule has 2 nitrogen and oxygen atoms in total. The van der Waals surface area contributed by atoms with Gasteiger partial charge in [0.05, 0.1) is 0 Å². The number of benzene rings is 1. The van der Waals surface area contributed by atoms with E-state index in [1.807, 2.05) is 18.2 Å². The Hall–Kier alpha value is -0.570. The predicted octanol–water partition coefficient (Wildman–Crippen LogP) is 2.33. The topological polar surface area (TPSA) is 23.5 Å². The standard InChI is InChI=1S/C12H16ClNO/c1-14-7-9(8-15)5-12(14)10-3-2-4-11(13)6-10/h2-4,6,9,12,15H,5,7-8H2,1H3/t9-,12-/m0/s1. The van der Waals surface area contributed by atoms with E-state index in [4.69, 9.17) is 16.7 Å². The molecule has 0 unspecified atom stereocenters. The van der Waals surface area contributed by atoms with E-state index in [9.17, 15) is 0 Å². The molecule has 15 heavy (non-hydrogen) atoms. The molecule has 0 bridgehead atoms. The average Bonchev–Trinajstić information content (AvgIpc) is 2.60. The maximum atomic E-state index is 9.15. The summed E-state index contributed by atoms with van der Waals surface area (Å²) in [7, 11) is 2.10. The summed E-state index contributed by atoms with van der Waals surface area (Å²) in [4.78, 5) is 2.28. The third kappa shape index (κ3) is 2.33. The summed E-state index contributed by atoms with van der Waals surface area (Å²) in [5.41, 5.74) is 1.25. The van der Waals surface area contributed by atoms with Crippen molar-refractivity contribution in [1.29, 1.82) is 0 Å². The van der Waals surface area contributed by atoms with Crippen molar-refractivity contribution >= 4 is 11.6 Å². The van der Waals surface area contributed by atoms with Crippen molar-refractivity contribution in [3.8, 4) is 0 Å². The minimum absolute atomic E-state index is 0.279. The summed E-state index contributed by atoms with van der Waals surface area (Å²) in [6.07, 6.45) is 1.02. The monoisotopic (exact) mass is 225 g/mol. The van der Waals surface area contributed by atoms with Crippen LogP contribution in [0, 0.1) is 5.92 Å². The van der Waals surface area contributed by atoms with Gasteiger partial charge < -0.3 is 5.11 Å². The van der Waals surface area contributed by atoms with E-state index in [0.29, 0.717) is 12.0 Å². The van der Waals surface area contributed by atoms with Crippen LogP contribution in [0.2, 0.25) is 5.02 Å². The molecule has 0 saturated carbocycles. The fraction of sp³-hybridized carbons (Fsp3) is 0.500. The highest BCUT2D eigenvalue weighted by Gasteiger charge is 2.29. The van der Waals surface area contributed by atoms with Crippen LogP contribution in [0.5, 0.6) is 0 Å². The minimum atomic E-state index is 0.279. The number of aliphatic hydroxyl groups excluding tert-OH is 1. The van der Waals surface area contributed by atoms with Gasteiger partial charge in [-0.15, -0.1) is 0 Å². The van der Waals surface area contributed by atoms with E-state index >= 15 is 0 Å². The first-order valence-corrected chi connectivity index (χ1v) is 5.65. The van der Waals surface area contributed by atoms with Crippen molar-refractivity contribution in [3.05, 3.63) is 34.9 Å². The normalized spacial score (nSPS) is 27.1. The molecule has 2 atom stereocenters. The SMILES string of the molecule is CN1C[C@@H](CO)C[C@H]1c1cccc(Cl)c1. The average molecular weight is 226 g/mol. The van der Waals surface area contributed by atoms with E-state index in [2.05, 4.69) is 18.0 Å². The van der Waals surface area contributed by atoms with Gasteiger partial charge in [-0.1, -0.05) is 23.7 Å². The molecule has 1 aromatic carbocycles. The van der Waals surface area contributed by atoms with Gasteiger partial charge in [-0.3, -0.25) is 4.90 Å². The highest BCUT2D eigenvalue weighted by molar-refractivity contribution is 6.30. The van der Waals surface area contributed by atoms with E-state index in [-0.39, 0.29) is 6.61 Å². The molecule has 1 aromatic rings. The molecule has 0 amide bonds. The number of rotatable bonds is 2. The first-order valence-electron chi connectivity index (χ1n) is 5.27. The van der Waals surface area contributed by atoms with Gasteiger partial charge in [0.15, 0.2) is 0 Å². The fourth-order valence-corrected chi connectivity index (χ4v) is 2.54. The van der Waals surface area contributed by atoms with Gasteiger partial charge in [0.25, 0.3) is 0 Å². The summed E-state index contributed by atoms with van der Waals surface area (Å²) in [6.45, 7) is 1.25. The second-order valence-corrected chi connectivity index (χ2v) is 4.73. The number of nitrogens with zero attached hydrogens (tertiary/aromatic N) is 1. The molecule has 0 radical (unpaired) electrons. The molecular weight excluding hydrogens is 210 g/mol. The fourth-order valence-electron chi connectivity index (χ4n) is 2.34. The second-order valence-electron chi connectivity index (χ2n) is 4.29. The number of halogens is 1. The zero-order chi connectivity index (χ0) is 10.8. The van der Waals surface area contributed by atoms with Gasteiger partial charge in [-0.2, -0.15) is 0 Å². The van der Waals surface area contributed by atoms with Gasteiger partial charge >= 0.3 is 0 Å². The van der Waals surface area contributed by atoms with Crippen molar-refractivity contribution in [2.24, 2.45) is 5.92 Å². The highest BCUT2D eigenvalue weighted by Crippen LogP contribution is 2.34. The third-order valence-corrected chi connectivity index (χ3v) is 3.36. The van der Waals surface area contributed by atoms with E-state index in [1.54, 1.807) is 0 Å². The van der Waals surface area contributed by atoms with Crippen molar-refractivity contribution < 1.29 is 5.11 Å². The highest BCUT2D eigenvalue weighted by atomic mass is 35.5. The van der Waals surface area contributed by atoms with E-state index < -0.39 is 0 Å². The summed E-state index contributed by atoms with van der Waals surface area (Å²) in [5, 5.41) is 9.94. The molecule has 2 rings (SSSR count). The molecule has 3 heteroatoms. The van der Waals surface area contributed by atoms with Crippen LogP contribution in [0.25, 0.3) is 0 Å². The first kappa shape index (κ1) is 10.9. The predicted molar refractivity (Wildman–Crippen MR) is 62.0 cm³/mol. The minimum Gasteiger partial charge on any atom is -0.396 e. The van der Waals surface area contributed by atoms with Gasteiger partial charge in [-0.05, 0) is 37.1 Å². The molecule has 1 aliphatic rings. The number of likely N-dealkylation sites (tertiary alicyclic amines) is 1. The van der Waals surface area contributed by atoms with Gasteiger partial charge in [0, 0.05) is 24.2 Å². The Balaban J connectivity index is 2.17. The summed E-state index contributed by atoms with van der Waals surface area (Å²) >= 11 is 5.97. The van der Waals surface area contributed by atoms with Crippen LogP contribution in [-0.4, -0.2) is 30.2 Å². The van der Waals surface area contributed by atoms with Crippen LogP contribution in [0.3, 0.4) is 0 Å². The van der Waals surface area contributed by atoms with Gasteiger partial charge in [-0.25, -0.2) is 0 Å². The maximum Gasteiger partial charge on any atom is 0.0472 e. The van der Waals surface area contributed by atoms with Crippen LogP contribution < -0.4 is 0 Å². The molecule has 82 valence electrons. The second kappa shape index (κ2) is 4.52. The molecule has 0 aromatic heterocycles. The Morgan fingerprint density at radius 2 is 2.33 bits per heavy atom. The van der Waals surface area contributed by atoms with Crippen molar-refractivity contribution in [1.82, 2.24) is 4.90 Å². The summed E-state index contributed by atoms with van der Waals surface area (Å²) in [6, 6.07) is 8.40. The molecule has 1 fully saturated rings. The molecule has 0 spiro atoms. The zero-order valence-electron chi connectivity index (χ0n) is 8.86. The van der Waals surface area contributed by atoms with Crippen LogP contribution in [0.1, 0.15) is 18.0 Å². The molecule has 0 aliphatic carbocycles. The Labute approximate surface area is 95.5 Å². The van der Waals surface area contributed by atoms with Crippen molar-refractivity contribution in [2.75, 3.05) is 20.2 Å². The van der Waals surface area contributed by atoms with Crippen molar-refractivity contribution in [3.63, 3.8) is 0 Å². The lowest BCUT2D eigenvalue weighted by Crippen LogP contribution is -2.18. The van der Waals surface area contributed by atoms with Crippen LogP contribution in [0.4, 0.5) is 0 Å². The smallest absolute Gasteiger partial charge is 0.0472 e. The Bertz CT molecular complexity index is 342. The largest absolute Gasteiger partial charge is 0.396 e. The Morgan fingerprint density at radius 1 is 1.53 bits per heavy atom. The van der Waals surface area contributed by atoms with Crippen LogP contribution >= 0.6 is 11.6 Å². The molecule has 1 aliphatic heterocycles. The van der Waals surface area contributed by atoms with Crippen molar-refractivity contribution in [2.45, 2.75) is 12.5 Å². The van der Waals surface area contributed by atoms with Crippen LogP contribution in [0.15, 0.2) is 24.3 Å². The number of aliphatic hydroxyl groups is 1. The third-order valence-electron chi connectivity index (χ3n) is 3.13. The van der Waals surface area contributed by atoms with E-state index in [0.717, 1.165) is 18.0 Å². The Morgan fingerprint density at radius 3 is 2.93 bits per heavy atom. The molecular formula is C12H16ClNO. The number of hydrogen-bond acceptors (Lipinski definition) is 2. The molecule has 1 heterocycles. The Kier molecular flexibility index (Phi) is 3.29. The molecule has 1 saturated heterocycles. The van der Waals surface area contributed by atoms with E-state index in [1.165, 1.54) is 5.56 Å². The lowest BCUT2D eigenvalue weighted by atomic mass is 10.0. The summed E-state index contributed by atoms with van der Waals surface area (Å²) < 4.78 is 0. The first-order chi connectivity index (χ1) is 7.20. The summed E-state index contributed by atoms with van der Waals surface area (Å²) in [5.74, 6) is 0.402. The zero-order valence-corrected chi connectivity index (χ0v) is 9.61. The van der Waals surface area contributed by atoms with Gasteiger partial charge in [0.2, 0.25) is 0 Å². The lowest BCUT2D eigenvalue weighted by Gasteiger charge is -2.19. The quantitative estimate of drug-likeness (QED) is 0.835. The number of hydrogen-bond donors (Lipinski definition) is 1. The molecule has 1 N–H and O–H groups in total. The maximum absolute atomic E-state index is 9.15. The lowest BCUT2D eigenvalue weighted by molar-refractivity contribution is 0.227. The van der Waals surface area contributed by atoms with Crippen LogP contribution in [-0.2, 0) is 0 Å².